The number of ether oxygens (including phenoxy) is 2. The normalized spacial score (nSPS) is 11.5. The van der Waals surface area contributed by atoms with Crippen molar-refractivity contribution in [3.05, 3.63) is 29.8 Å². The number of carbonyl (C=O) groups is 1. The Morgan fingerprint density at radius 3 is 2.00 bits per heavy atom. The Hall–Kier alpha value is -1.25. The van der Waals surface area contributed by atoms with Crippen LogP contribution in [0.2, 0.25) is 6.04 Å². The summed E-state index contributed by atoms with van der Waals surface area (Å²) < 4.78 is 28.6. The van der Waals surface area contributed by atoms with E-state index < -0.39 is 8.80 Å². The maximum Gasteiger partial charge on any atom is 0.501 e. The van der Waals surface area contributed by atoms with Crippen molar-refractivity contribution in [2.24, 2.45) is 0 Å². The number of aldehydes is 1. The molecule has 25 heavy (non-hydrogen) atoms. The first-order valence-corrected chi connectivity index (χ1v) is 10.8. The maximum atomic E-state index is 10.6. The van der Waals surface area contributed by atoms with Crippen LogP contribution in [0.5, 0.6) is 5.75 Å². The number of hydrogen-bond donors (Lipinski definition) is 0. The van der Waals surface area contributed by atoms with E-state index in [2.05, 4.69) is 0 Å². The Bertz CT molecular complexity index is 448. The Kier molecular flexibility index (Phi) is 11.3. The second-order valence-electron chi connectivity index (χ2n) is 5.23. The van der Waals surface area contributed by atoms with Crippen LogP contribution in [0.3, 0.4) is 0 Å². The molecular formula is C18H30O6Si. The predicted octanol–water partition coefficient (Wildman–Crippen LogP) is 3.33. The molecule has 1 rings (SSSR count). The Morgan fingerprint density at radius 1 is 0.880 bits per heavy atom. The number of rotatable bonds is 15. The molecule has 0 aliphatic rings. The number of carbonyl (C=O) groups excluding carboxylic acids is 1. The summed E-state index contributed by atoms with van der Waals surface area (Å²) in [6.07, 6.45) is 1.63. The largest absolute Gasteiger partial charge is 0.501 e. The summed E-state index contributed by atoms with van der Waals surface area (Å²) in [6.45, 7) is 9.19. The van der Waals surface area contributed by atoms with Gasteiger partial charge in [0.2, 0.25) is 0 Å². The van der Waals surface area contributed by atoms with Gasteiger partial charge in [-0.3, -0.25) is 4.79 Å². The lowest BCUT2D eigenvalue weighted by Crippen LogP contribution is -2.46. The summed E-state index contributed by atoms with van der Waals surface area (Å²) >= 11 is 0. The second kappa shape index (κ2) is 13.0. The quantitative estimate of drug-likeness (QED) is 0.268. The standard InChI is InChI=1S/C18H30O6Si/c1-4-22-25(23-5-2,24-6-3)15-7-12-20-13-14-21-18-10-8-17(16-19)9-11-18/h8-11,16H,4-7,12-15H2,1-3H3. The lowest BCUT2D eigenvalue weighted by atomic mass is 10.2. The topological polar surface area (TPSA) is 63.2 Å². The predicted molar refractivity (Wildman–Crippen MR) is 98.2 cm³/mol. The molecule has 0 N–H and O–H groups in total. The van der Waals surface area contributed by atoms with Crippen molar-refractivity contribution >= 4 is 15.1 Å². The lowest BCUT2D eigenvalue weighted by Gasteiger charge is -2.28. The molecule has 0 saturated carbocycles. The minimum atomic E-state index is -2.57. The van der Waals surface area contributed by atoms with Crippen molar-refractivity contribution in [2.75, 3.05) is 39.6 Å². The van der Waals surface area contributed by atoms with Gasteiger partial charge < -0.3 is 22.8 Å². The van der Waals surface area contributed by atoms with E-state index in [1.807, 2.05) is 20.8 Å². The van der Waals surface area contributed by atoms with Crippen LogP contribution in [-0.4, -0.2) is 54.7 Å². The Morgan fingerprint density at radius 2 is 1.48 bits per heavy atom. The summed E-state index contributed by atoms with van der Waals surface area (Å²) in [5.74, 6) is 0.727. The van der Waals surface area contributed by atoms with Crippen LogP contribution in [-0.2, 0) is 18.0 Å². The van der Waals surface area contributed by atoms with Gasteiger partial charge in [0.1, 0.15) is 18.6 Å². The van der Waals surface area contributed by atoms with Crippen molar-refractivity contribution in [3.8, 4) is 5.75 Å². The molecule has 0 unspecified atom stereocenters. The molecule has 1 aromatic carbocycles. The SMILES string of the molecule is CCO[Si](CCCOCCOc1ccc(C=O)cc1)(OCC)OCC. The van der Waals surface area contributed by atoms with Gasteiger partial charge in [-0.25, -0.2) is 0 Å². The minimum absolute atomic E-state index is 0.464. The van der Waals surface area contributed by atoms with Gasteiger partial charge in [0.15, 0.2) is 0 Å². The smallest absolute Gasteiger partial charge is 0.491 e. The molecular weight excluding hydrogens is 340 g/mol. The summed E-state index contributed by atoms with van der Waals surface area (Å²) in [4.78, 5) is 10.6. The van der Waals surface area contributed by atoms with E-state index in [0.717, 1.165) is 24.5 Å². The fraction of sp³-hybridized carbons (Fsp3) is 0.611. The van der Waals surface area contributed by atoms with Gasteiger partial charge in [-0.1, -0.05) is 0 Å². The van der Waals surface area contributed by atoms with Gasteiger partial charge >= 0.3 is 8.80 Å². The maximum absolute atomic E-state index is 10.6. The summed E-state index contributed by atoms with van der Waals surface area (Å²) in [7, 11) is -2.57. The highest BCUT2D eigenvalue weighted by Crippen LogP contribution is 2.18. The molecule has 7 heteroatoms. The van der Waals surface area contributed by atoms with E-state index in [1.165, 1.54) is 0 Å². The molecule has 0 atom stereocenters. The molecule has 142 valence electrons. The first-order valence-electron chi connectivity index (χ1n) is 8.87. The zero-order valence-electron chi connectivity index (χ0n) is 15.5. The molecule has 0 amide bonds. The fourth-order valence-corrected chi connectivity index (χ4v) is 4.93. The molecule has 0 aliphatic carbocycles. The number of benzene rings is 1. The summed E-state index contributed by atoms with van der Waals surface area (Å²) in [6, 6.07) is 7.74. The van der Waals surface area contributed by atoms with E-state index in [9.17, 15) is 4.79 Å². The van der Waals surface area contributed by atoms with Crippen LogP contribution in [0.4, 0.5) is 0 Å². The Balaban J connectivity index is 2.21. The summed E-state index contributed by atoms with van der Waals surface area (Å²) in [5, 5.41) is 0. The van der Waals surface area contributed by atoms with E-state index in [0.29, 0.717) is 45.2 Å². The lowest BCUT2D eigenvalue weighted by molar-refractivity contribution is 0.0632. The third-order valence-corrected chi connectivity index (χ3v) is 6.53. The molecule has 0 aliphatic heterocycles. The van der Waals surface area contributed by atoms with Crippen LogP contribution in [0.25, 0.3) is 0 Å². The monoisotopic (exact) mass is 370 g/mol. The molecule has 0 spiro atoms. The minimum Gasteiger partial charge on any atom is -0.491 e. The van der Waals surface area contributed by atoms with Gasteiger partial charge in [0.25, 0.3) is 0 Å². The van der Waals surface area contributed by atoms with Gasteiger partial charge in [0, 0.05) is 38.0 Å². The first-order chi connectivity index (χ1) is 12.2. The van der Waals surface area contributed by atoms with Crippen LogP contribution in [0.1, 0.15) is 37.6 Å². The van der Waals surface area contributed by atoms with Crippen LogP contribution in [0.15, 0.2) is 24.3 Å². The molecule has 0 radical (unpaired) electrons. The van der Waals surface area contributed by atoms with Crippen molar-refractivity contribution in [3.63, 3.8) is 0 Å². The molecule has 0 bridgehead atoms. The van der Waals surface area contributed by atoms with Crippen molar-refractivity contribution in [2.45, 2.75) is 33.2 Å². The second-order valence-corrected chi connectivity index (χ2v) is 7.97. The van der Waals surface area contributed by atoms with Gasteiger partial charge in [-0.05, 0) is 51.5 Å². The fourth-order valence-electron chi connectivity index (χ4n) is 2.36. The molecule has 0 fully saturated rings. The highest BCUT2D eigenvalue weighted by Gasteiger charge is 2.39. The molecule has 0 aromatic heterocycles. The van der Waals surface area contributed by atoms with E-state index in [-0.39, 0.29) is 0 Å². The van der Waals surface area contributed by atoms with Crippen molar-refractivity contribution in [1.29, 1.82) is 0 Å². The highest BCUT2D eigenvalue weighted by atomic mass is 28.4. The van der Waals surface area contributed by atoms with Gasteiger partial charge in [0.05, 0.1) is 6.61 Å². The Labute approximate surface area is 151 Å². The van der Waals surface area contributed by atoms with Gasteiger partial charge in [-0.2, -0.15) is 0 Å². The van der Waals surface area contributed by atoms with Crippen LogP contribution >= 0.6 is 0 Å². The first kappa shape index (κ1) is 21.8. The third kappa shape index (κ3) is 8.60. The average molecular weight is 371 g/mol. The van der Waals surface area contributed by atoms with Crippen molar-refractivity contribution < 1.29 is 27.5 Å². The van der Waals surface area contributed by atoms with Crippen LogP contribution < -0.4 is 4.74 Å². The third-order valence-electron chi connectivity index (χ3n) is 3.38. The zero-order valence-corrected chi connectivity index (χ0v) is 16.5. The average Bonchev–Trinajstić information content (AvgIpc) is 2.62. The van der Waals surface area contributed by atoms with E-state index in [1.54, 1.807) is 24.3 Å². The molecule has 0 saturated heterocycles. The van der Waals surface area contributed by atoms with Gasteiger partial charge in [-0.15, -0.1) is 0 Å². The number of hydrogen-bond acceptors (Lipinski definition) is 6. The molecule has 6 nitrogen and oxygen atoms in total. The van der Waals surface area contributed by atoms with E-state index in [4.69, 9.17) is 22.8 Å². The highest BCUT2D eigenvalue weighted by molar-refractivity contribution is 6.60. The zero-order chi connectivity index (χ0) is 18.4. The van der Waals surface area contributed by atoms with Crippen LogP contribution in [0, 0.1) is 0 Å². The van der Waals surface area contributed by atoms with E-state index >= 15 is 0 Å². The molecule has 0 heterocycles. The van der Waals surface area contributed by atoms with Crippen molar-refractivity contribution in [1.82, 2.24) is 0 Å². The molecule has 1 aromatic rings. The summed E-state index contributed by atoms with van der Waals surface area (Å²) in [5.41, 5.74) is 0.633.